The fourth-order valence-corrected chi connectivity index (χ4v) is 4.78. The van der Waals surface area contributed by atoms with E-state index in [1.165, 1.54) is 11.3 Å². The maximum atomic E-state index is 13.3. The SMILES string of the molecule is COc1ccc(-c2nc(C(=O)N3CCCC3c3nnc4ccccn34)cs2)cc1OC. The van der Waals surface area contributed by atoms with Crippen molar-refractivity contribution < 1.29 is 14.3 Å². The molecule has 1 unspecified atom stereocenters. The normalized spacial score (nSPS) is 16.1. The Morgan fingerprint density at radius 3 is 2.84 bits per heavy atom. The van der Waals surface area contributed by atoms with E-state index in [4.69, 9.17) is 9.47 Å². The molecule has 3 aromatic heterocycles. The van der Waals surface area contributed by atoms with Crippen LogP contribution in [0.5, 0.6) is 11.5 Å². The van der Waals surface area contributed by atoms with Gasteiger partial charge >= 0.3 is 0 Å². The number of methoxy groups -OCH3 is 2. The van der Waals surface area contributed by atoms with Crippen LogP contribution in [0.1, 0.15) is 35.2 Å². The van der Waals surface area contributed by atoms with E-state index in [0.717, 1.165) is 34.9 Å². The summed E-state index contributed by atoms with van der Waals surface area (Å²) >= 11 is 1.44. The largest absolute Gasteiger partial charge is 0.493 e. The van der Waals surface area contributed by atoms with Crippen molar-refractivity contribution in [3.8, 4) is 22.1 Å². The molecule has 1 saturated heterocycles. The van der Waals surface area contributed by atoms with Crippen molar-refractivity contribution in [3.63, 3.8) is 0 Å². The van der Waals surface area contributed by atoms with Crippen LogP contribution in [0.25, 0.3) is 16.2 Å². The Labute approximate surface area is 183 Å². The molecule has 0 spiro atoms. The second-order valence-corrected chi connectivity index (χ2v) is 8.11. The van der Waals surface area contributed by atoms with Gasteiger partial charge in [-0.15, -0.1) is 21.5 Å². The fraction of sp³-hybridized carbons (Fsp3) is 0.273. The van der Waals surface area contributed by atoms with Crippen LogP contribution >= 0.6 is 11.3 Å². The minimum atomic E-state index is -0.115. The summed E-state index contributed by atoms with van der Waals surface area (Å²) in [5.41, 5.74) is 2.10. The van der Waals surface area contributed by atoms with E-state index in [2.05, 4.69) is 15.2 Å². The third-order valence-corrected chi connectivity index (χ3v) is 6.40. The van der Waals surface area contributed by atoms with Crippen molar-refractivity contribution in [2.75, 3.05) is 20.8 Å². The maximum Gasteiger partial charge on any atom is 0.273 e. The summed E-state index contributed by atoms with van der Waals surface area (Å²) in [4.78, 5) is 19.8. The number of nitrogens with zero attached hydrogens (tertiary/aromatic N) is 5. The minimum Gasteiger partial charge on any atom is -0.493 e. The molecule has 1 atom stereocenters. The first-order valence-electron chi connectivity index (χ1n) is 9.98. The topological polar surface area (TPSA) is 81.9 Å². The molecule has 0 aliphatic carbocycles. The van der Waals surface area contributed by atoms with E-state index in [1.807, 2.05) is 57.3 Å². The summed E-state index contributed by atoms with van der Waals surface area (Å²) < 4.78 is 12.6. The van der Waals surface area contributed by atoms with Crippen molar-refractivity contribution >= 4 is 22.9 Å². The second kappa shape index (κ2) is 7.99. The number of rotatable bonds is 5. The fourth-order valence-electron chi connectivity index (χ4n) is 3.99. The number of thiazole rings is 1. The highest BCUT2D eigenvalue weighted by Crippen LogP contribution is 2.35. The van der Waals surface area contributed by atoms with Crippen LogP contribution in [-0.4, -0.2) is 51.2 Å². The second-order valence-electron chi connectivity index (χ2n) is 7.25. The van der Waals surface area contributed by atoms with E-state index >= 15 is 0 Å². The number of amides is 1. The van der Waals surface area contributed by atoms with Crippen molar-refractivity contribution in [2.24, 2.45) is 0 Å². The molecule has 158 valence electrons. The van der Waals surface area contributed by atoms with Gasteiger partial charge in [0.25, 0.3) is 5.91 Å². The van der Waals surface area contributed by atoms with Crippen LogP contribution in [0, 0.1) is 0 Å². The van der Waals surface area contributed by atoms with E-state index < -0.39 is 0 Å². The van der Waals surface area contributed by atoms with Gasteiger partial charge in [0, 0.05) is 23.7 Å². The summed E-state index contributed by atoms with van der Waals surface area (Å²) in [5.74, 6) is 1.98. The molecule has 0 radical (unpaired) electrons. The van der Waals surface area contributed by atoms with Crippen molar-refractivity contribution in [2.45, 2.75) is 18.9 Å². The zero-order valence-electron chi connectivity index (χ0n) is 17.2. The first-order chi connectivity index (χ1) is 15.2. The molecule has 0 saturated carbocycles. The number of carbonyl (C=O) groups excluding carboxylic acids is 1. The van der Waals surface area contributed by atoms with Gasteiger partial charge in [0.05, 0.1) is 20.3 Å². The molecule has 9 heteroatoms. The molecule has 4 aromatic rings. The molecule has 1 fully saturated rings. The number of hydrogen-bond donors (Lipinski definition) is 0. The van der Waals surface area contributed by atoms with Crippen LogP contribution in [0.4, 0.5) is 0 Å². The minimum absolute atomic E-state index is 0.0850. The highest BCUT2D eigenvalue weighted by molar-refractivity contribution is 7.13. The average molecular weight is 436 g/mol. The number of pyridine rings is 1. The van der Waals surface area contributed by atoms with Gasteiger partial charge < -0.3 is 14.4 Å². The molecule has 0 bridgehead atoms. The van der Waals surface area contributed by atoms with Crippen LogP contribution in [-0.2, 0) is 0 Å². The van der Waals surface area contributed by atoms with E-state index in [-0.39, 0.29) is 11.9 Å². The average Bonchev–Trinajstić information content (AvgIpc) is 3.57. The summed E-state index contributed by atoms with van der Waals surface area (Å²) in [6.45, 7) is 0.675. The van der Waals surface area contributed by atoms with Gasteiger partial charge in [-0.05, 0) is 43.2 Å². The highest BCUT2D eigenvalue weighted by atomic mass is 32.1. The van der Waals surface area contributed by atoms with E-state index in [9.17, 15) is 4.79 Å². The zero-order chi connectivity index (χ0) is 21.4. The Bertz CT molecular complexity index is 1250. The Hall–Kier alpha value is -3.46. The van der Waals surface area contributed by atoms with Gasteiger partial charge in [-0.3, -0.25) is 9.20 Å². The zero-order valence-corrected chi connectivity index (χ0v) is 18.0. The quantitative estimate of drug-likeness (QED) is 0.474. The van der Waals surface area contributed by atoms with Gasteiger partial charge in [0.15, 0.2) is 23.0 Å². The van der Waals surface area contributed by atoms with Gasteiger partial charge in [-0.1, -0.05) is 6.07 Å². The summed E-state index contributed by atoms with van der Waals surface area (Å²) in [5, 5.41) is 11.2. The molecule has 1 amide bonds. The number of fused-ring (bicyclic) bond motifs is 1. The third-order valence-electron chi connectivity index (χ3n) is 5.51. The third kappa shape index (κ3) is 3.40. The number of carbonyl (C=O) groups is 1. The first kappa shape index (κ1) is 19.5. The molecular formula is C22H21N5O3S. The van der Waals surface area contributed by atoms with Crippen molar-refractivity contribution in [1.29, 1.82) is 0 Å². The molecule has 1 aliphatic heterocycles. The van der Waals surface area contributed by atoms with Gasteiger partial charge in [0.2, 0.25) is 0 Å². The molecule has 1 aromatic carbocycles. The molecule has 8 nitrogen and oxygen atoms in total. The Balaban J connectivity index is 1.42. The Morgan fingerprint density at radius 2 is 2.00 bits per heavy atom. The van der Waals surface area contributed by atoms with Crippen LogP contribution in [0.3, 0.4) is 0 Å². The lowest BCUT2D eigenvalue weighted by molar-refractivity contribution is 0.0724. The number of benzene rings is 1. The number of aromatic nitrogens is 4. The van der Waals surface area contributed by atoms with Crippen LogP contribution in [0.15, 0.2) is 48.0 Å². The molecule has 0 N–H and O–H groups in total. The first-order valence-corrected chi connectivity index (χ1v) is 10.9. The summed E-state index contributed by atoms with van der Waals surface area (Å²) in [6, 6.07) is 11.3. The van der Waals surface area contributed by atoms with Crippen LogP contribution < -0.4 is 9.47 Å². The molecule has 4 heterocycles. The van der Waals surface area contributed by atoms with Crippen molar-refractivity contribution in [3.05, 3.63) is 59.5 Å². The Morgan fingerprint density at radius 1 is 1.13 bits per heavy atom. The molecule has 1 aliphatic rings. The van der Waals surface area contributed by atoms with Crippen molar-refractivity contribution in [1.82, 2.24) is 24.5 Å². The van der Waals surface area contributed by atoms with Crippen LogP contribution in [0.2, 0.25) is 0 Å². The summed E-state index contributed by atoms with van der Waals surface area (Å²) in [7, 11) is 3.20. The lowest BCUT2D eigenvalue weighted by Crippen LogP contribution is -2.31. The maximum absolute atomic E-state index is 13.3. The standard InChI is InChI=1S/C22H21N5O3S/c1-29-17-9-8-14(12-18(17)30-2)21-23-15(13-31-21)22(28)26-11-5-6-16(26)20-25-24-19-7-3-4-10-27(19)20/h3-4,7-10,12-13,16H,5-6,11H2,1-2H3. The number of hydrogen-bond acceptors (Lipinski definition) is 7. The summed E-state index contributed by atoms with van der Waals surface area (Å²) in [6.07, 6.45) is 3.71. The molecule has 31 heavy (non-hydrogen) atoms. The molecule has 5 rings (SSSR count). The van der Waals surface area contributed by atoms with E-state index in [1.54, 1.807) is 14.2 Å². The van der Waals surface area contributed by atoms with Gasteiger partial charge in [-0.2, -0.15) is 0 Å². The number of likely N-dealkylation sites (tertiary alicyclic amines) is 1. The molecular weight excluding hydrogens is 414 g/mol. The van der Waals surface area contributed by atoms with Gasteiger partial charge in [-0.25, -0.2) is 4.98 Å². The van der Waals surface area contributed by atoms with Gasteiger partial charge in [0.1, 0.15) is 10.7 Å². The Kier molecular flexibility index (Phi) is 5.03. The smallest absolute Gasteiger partial charge is 0.273 e. The number of ether oxygens (including phenoxy) is 2. The highest BCUT2D eigenvalue weighted by Gasteiger charge is 2.34. The monoisotopic (exact) mass is 435 g/mol. The lowest BCUT2D eigenvalue weighted by Gasteiger charge is -2.22. The lowest BCUT2D eigenvalue weighted by atomic mass is 10.2. The predicted molar refractivity (Wildman–Crippen MR) is 117 cm³/mol. The predicted octanol–water partition coefficient (Wildman–Crippen LogP) is 3.85. The van der Waals surface area contributed by atoms with E-state index in [0.29, 0.717) is 23.7 Å².